The van der Waals surface area contributed by atoms with Crippen molar-refractivity contribution in [1.29, 1.82) is 0 Å². The Morgan fingerprint density at radius 2 is 1.88 bits per heavy atom. The Morgan fingerprint density at radius 3 is 2.68 bits per heavy atom. The van der Waals surface area contributed by atoms with Crippen LogP contribution in [0.3, 0.4) is 0 Å². The van der Waals surface area contributed by atoms with Gasteiger partial charge in [0, 0.05) is 10.8 Å². The van der Waals surface area contributed by atoms with Crippen LogP contribution in [-0.2, 0) is 5.75 Å². The summed E-state index contributed by atoms with van der Waals surface area (Å²) in [5.41, 5.74) is 1.09. The van der Waals surface area contributed by atoms with Crippen molar-refractivity contribution < 1.29 is 9.18 Å². The average molecular weight is 395 g/mol. The lowest BCUT2D eigenvalue weighted by molar-refractivity contribution is 0.262. The first-order chi connectivity index (χ1) is 12.1. The molecule has 3 rings (SSSR count). The highest BCUT2D eigenvalue weighted by molar-refractivity contribution is 8.00. The Hall–Kier alpha value is -2.16. The molecule has 0 aliphatic carbocycles. The number of anilines is 2. The van der Waals surface area contributed by atoms with Crippen molar-refractivity contribution in [2.45, 2.75) is 10.1 Å². The van der Waals surface area contributed by atoms with Gasteiger partial charge in [-0.05, 0) is 23.8 Å². The quantitative estimate of drug-likeness (QED) is 0.457. The van der Waals surface area contributed by atoms with E-state index in [0.29, 0.717) is 20.2 Å². The summed E-state index contributed by atoms with van der Waals surface area (Å²) in [5, 5.41) is 13.9. The number of hydrogen-bond acceptors (Lipinski definition) is 5. The number of hydrogen-bond donors (Lipinski definition) is 2. The average Bonchev–Trinajstić information content (AvgIpc) is 3.03. The molecule has 0 bridgehead atoms. The summed E-state index contributed by atoms with van der Waals surface area (Å²) in [6, 6.07) is 12.9. The SMILES string of the molecule is O=C(Nc1nnc(SCc2ccccc2Cl)s1)Nc1ccccc1F. The number of amides is 2. The maximum absolute atomic E-state index is 13.5. The molecule has 0 aliphatic rings. The molecule has 2 amide bonds. The Bertz CT molecular complexity index is 890. The van der Waals surface area contributed by atoms with Gasteiger partial charge in [0.2, 0.25) is 5.13 Å². The second-order valence-corrected chi connectivity index (χ2v) is 7.42. The first kappa shape index (κ1) is 17.7. The monoisotopic (exact) mass is 394 g/mol. The number of urea groups is 1. The maximum atomic E-state index is 13.5. The van der Waals surface area contributed by atoms with E-state index in [9.17, 15) is 9.18 Å². The zero-order valence-corrected chi connectivity index (χ0v) is 15.1. The Labute approximate surface area is 156 Å². The first-order valence-electron chi connectivity index (χ1n) is 7.14. The van der Waals surface area contributed by atoms with Crippen LogP contribution in [0.1, 0.15) is 5.56 Å². The van der Waals surface area contributed by atoms with Gasteiger partial charge in [-0.3, -0.25) is 5.32 Å². The van der Waals surface area contributed by atoms with Crippen molar-refractivity contribution in [3.05, 3.63) is 64.9 Å². The van der Waals surface area contributed by atoms with Crippen molar-refractivity contribution in [1.82, 2.24) is 10.2 Å². The molecule has 128 valence electrons. The predicted molar refractivity (Wildman–Crippen MR) is 100.0 cm³/mol. The van der Waals surface area contributed by atoms with Crippen LogP contribution in [0, 0.1) is 5.82 Å². The van der Waals surface area contributed by atoms with Gasteiger partial charge >= 0.3 is 6.03 Å². The number of halogens is 2. The summed E-state index contributed by atoms with van der Waals surface area (Å²) in [6.07, 6.45) is 0. The molecule has 1 aromatic heterocycles. The molecular weight excluding hydrogens is 383 g/mol. The molecule has 0 atom stereocenters. The number of para-hydroxylation sites is 1. The fraction of sp³-hybridized carbons (Fsp3) is 0.0625. The van der Waals surface area contributed by atoms with Crippen molar-refractivity contribution in [2.75, 3.05) is 10.6 Å². The van der Waals surface area contributed by atoms with Gasteiger partial charge in [0.05, 0.1) is 5.69 Å². The molecule has 2 N–H and O–H groups in total. The summed E-state index contributed by atoms with van der Waals surface area (Å²) in [5.74, 6) is 0.140. The van der Waals surface area contributed by atoms with Crippen LogP contribution in [0.2, 0.25) is 5.02 Å². The molecule has 0 saturated carbocycles. The molecule has 0 unspecified atom stereocenters. The Kier molecular flexibility index (Phi) is 5.85. The number of nitrogens with one attached hydrogen (secondary N) is 2. The van der Waals surface area contributed by atoms with Crippen molar-refractivity contribution >= 4 is 51.5 Å². The van der Waals surface area contributed by atoms with Crippen LogP contribution in [0.5, 0.6) is 0 Å². The number of aromatic nitrogens is 2. The van der Waals surface area contributed by atoms with E-state index >= 15 is 0 Å². The number of thioether (sulfide) groups is 1. The number of carbonyl (C=O) groups is 1. The number of carbonyl (C=O) groups excluding carboxylic acids is 1. The van der Waals surface area contributed by atoms with Gasteiger partial charge in [0.25, 0.3) is 0 Å². The van der Waals surface area contributed by atoms with Crippen molar-refractivity contribution in [3.8, 4) is 0 Å². The minimum Gasteiger partial charge on any atom is -0.305 e. The molecular formula is C16H12ClFN4OS2. The number of benzene rings is 2. The predicted octanol–water partition coefficient (Wildman–Crippen LogP) is 5.27. The van der Waals surface area contributed by atoms with Crippen LogP contribution in [0.4, 0.5) is 20.0 Å². The number of nitrogens with zero attached hydrogens (tertiary/aromatic N) is 2. The maximum Gasteiger partial charge on any atom is 0.325 e. The van der Waals surface area contributed by atoms with Gasteiger partial charge in [-0.15, -0.1) is 10.2 Å². The highest BCUT2D eigenvalue weighted by Gasteiger charge is 2.11. The second-order valence-electron chi connectivity index (χ2n) is 4.81. The summed E-state index contributed by atoms with van der Waals surface area (Å²) in [7, 11) is 0. The van der Waals surface area contributed by atoms with Crippen molar-refractivity contribution in [3.63, 3.8) is 0 Å². The molecule has 3 aromatic rings. The van der Waals surface area contributed by atoms with E-state index in [-0.39, 0.29) is 5.69 Å². The topological polar surface area (TPSA) is 66.9 Å². The van der Waals surface area contributed by atoms with E-state index in [2.05, 4.69) is 20.8 Å². The highest BCUT2D eigenvalue weighted by atomic mass is 35.5. The first-order valence-corrected chi connectivity index (χ1v) is 9.32. The summed E-state index contributed by atoms with van der Waals surface area (Å²) >= 11 is 8.82. The minimum absolute atomic E-state index is 0.0952. The van der Waals surface area contributed by atoms with E-state index in [4.69, 9.17) is 11.6 Å². The van der Waals surface area contributed by atoms with Gasteiger partial charge in [-0.1, -0.05) is 65.0 Å². The fourth-order valence-electron chi connectivity index (χ4n) is 1.89. The molecule has 0 aliphatic heterocycles. The molecule has 5 nitrogen and oxygen atoms in total. The molecule has 0 fully saturated rings. The van der Waals surface area contributed by atoms with Gasteiger partial charge in [0.15, 0.2) is 4.34 Å². The molecule has 25 heavy (non-hydrogen) atoms. The summed E-state index contributed by atoms with van der Waals surface area (Å²) in [4.78, 5) is 11.9. The van der Waals surface area contributed by atoms with E-state index in [1.807, 2.05) is 24.3 Å². The zero-order chi connectivity index (χ0) is 17.6. The standard InChI is InChI=1S/C16H12ClFN4OS2/c17-11-6-2-1-5-10(11)9-24-16-22-21-15(25-16)20-14(23)19-13-8-4-3-7-12(13)18/h1-8H,9H2,(H2,19,20,21,23). The van der Waals surface area contributed by atoms with Gasteiger partial charge in [-0.25, -0.2) is 9.18 Å². The van der Waals surface area contributed by atoms with Crippen LogP contribution in [0.25, 0.3) is 0 Å². The zero-order valence-electron chi connectivity index (χ0n) is 12.7. The van der Waals surface area contributed by atoms with E-state index in [1.54, 1.807) is 12.1 Å². The third kappa shape index (κ3) is 4.91. The summed E-state index contributed by atoms with van der Waals surface area (Å²) < 4.78 is 14.2. The largest absolute Gasteiger partial charge is 0.325 e. The minimum atomic E-state index is -0.580. The smallest absolute Gasteiger partial charge is 0.305 e. The van der Waals surface area contributed by atoms with E-state index in [0.717, 1.165) is 5.56 Å². The lowest BCUT2D eigenvalue weighted by atomic mass is 10.2. The lowest BCUT2D eigenvalue weighted by Gasteiger charge is -2.05. The van der Waals surface area contributed by atoms with Gasteiger partial charge in [-0.2, -0.15) is 0 Å². The molecule has 0 saturated heterocycles. The lowest BCUT2D eigenvalue weighted by Crippen LogP contribution is -2.19. The van der Waals surface area contributed by atoms with Crippen LogP contribution in [0.15, 0.2) is 52.9 Å². The molecule has 2 aromatic carbocycles. The van der Waals surface area contributed by atoms with E-state index in [1.165, 1.54) is 35.2 Å². The molecule has 1 heterocycles. The van der Waals surface area contributed by atoms with Crippen molar-refractivity contribution in [2.24, 2.45) is 0 Å². The Balaban J connectivity index is 1.55. The van der Waals surface area contributed by atoms with Crippen LogP contribution < -0.4 is 10.6 Å². The normalized spacial score (nSPS) is 10.5. The summed E-state index contributed by atoms with van der Waals surface area (Å²) in [6.45, 7) is 0. The fourth-order valence-corrected chi connectivity index (χ4v) is 3.92. The van der Waals surface area contributed by atoms with E-state index < -0.39 is 11.8 Å². The second kappa shape index (κ2) is 8.28. The number of rotatable bonds is 5. The molecule has 9 heteroatoms. The third-order valence-electron chi connectivity index (χ3n) is 3.06. The molecule has 0 radical (unpaired) electrons. The van der Waals surface area contributed by atoms with Gasteiger partial charge < -0.3 is 5.32 Å². The highest BCUT2D eigenvalue weighted by Crippen LogP contribution is 2.30. The van der Waals surface area contributed by atoms with Gasteiger partial charge in [0.1, 0.15) is 5.82 Å². The Morgan fingerprint density at radius 1 is 1.12 bits per heavy atom. The van der Waals surface area contributed by atoms with Crippen LogP contribution >= 0.6 is 34.7 Å². The van der Waals surface area contributed by atoms with Crippen LogP contribution in [-0.4, -0.2) is 16.2 Å². The molecule has 0 spiro atoms. The third-order valence-corrected chi connectivity index (χ3v) is 5.45.